The highest BCUT2D eigenvalue weighted by Crippen LogP contribution is 2.60. The fourth-order valence-electron chi connectivity index (χ4n) is 6.73. The zero-order valence-corrected chi connectivity index (χ0v) is 27.9. The van der Waals surface area contributed by atoms with Gasteiger partial charge in [-0.2, -0.15) is 13.2 Å². The first-order valence-corrected chi connectivity index (χ1v) is 16.6. The van der Waals surface area contributed by atoms with Gasteiger partial charge >= 0.3 is 6.18 Å². The number of alkyl halides is 3. The average molecular weight is 643 g/mol. The zero-order chi connectivity index (χ0) is 33.0. The van der Waals surface area contributed by atoms with Crippen LogP contribution in [0.4, 0.5) is 22.0 Å². The van der Waals surface area contributed by atoms with E-state index in [1.54, 1.807) is 6.07 Å². The first-order valence-electron chi connectivity index (χ1n) is 15.8. The summed E-state index contributed by atoms with van der Waals surface area (Å²) >= 11 is 0. The number of allylic oxidation sites excluding steroid dienone is 4. The van der Waals surface area contributed by atoms with E-state index < -0.39 is 34.2 Å². The third kappa shape index (κ3) is 7.39. The van der Waals surface area contributed by atoms with Crippen molar-refractivity contribution >= 4 is 9.24 Å². The number of halogens is 5. The van der Waals surface area contributed by atoms with Gasteiger partial charge in [-0.3, -0.25) is 0 Å². The van der Waals surface area contributed by atoms with Gasteiger partial charge in [-0.25, -0.2) is 14.2 Å². The molecule has 0 radical (unpaired) electrons. The van der Waals surface area contributed by atoms with Gasteiger partial charge in [-0.05, 0) is 97.3 Å². The van der Waals surface area contributed by atoms with Crippen LogP contribution in [0, 0.1) is 28.9 Å². The third-order valence-corrected chi connectivity index (χ3v) is 9.91. The van der Waals surface area contributed by atoms with Gasteiger partial charge < -0.3 is 5.43 Å². The molecular weight excluding hydrogens is 598 g/mol. The molecule has 3 unspecified atom stereocenters. The molecule has 0 aromatic heterocycles. The van der Waals surface area contributed by atoms with Gasteiger partial charge in [0.1, 0.15) is 0 Å². The largest absolute Gasteiger partial charge is 0.413 e. The maximum absolute atomic E-state index is 15.5. The number of benzene rings is 2. The molecule has 1 aliphatic carbocycles. The molecule has 8 heteroatoms. The molecule has 0 saturated carbocycles. The third-order valence-electron chi connectivity index (χ3n) is 9.50. The molecule has 0 amide bonds. The number of aryl methyl sites for hydroxylation is 1. The van der Waals surface area contributed by atoms with Gasteiger partial charge in [0.15, 0.2) is 11.6 Å². The van der Waals surface area contributed by atoms with Gasteiger partial charge in [-0.15, -0.1) is 9.24 Å². The number of unbranched alkanes of at least 4 members (excludes halogenated alkanes) is 1. The topological polar surface area (TPSA) is 24.1 Å². The predicted molar refractivity (Wildman–Crippen MR) is 177 cm³/mol. The van der Waals surface area contributed by atoms with Gasteiger partial charge in [0.2, 0.25) is 0 Å². The van der Waals surface area contributed by atoms with Crippen LogP contribution in [0.2, 0.25) is 0 Å². The summed E-state index contributed by atoms with van der Waals surface area (Å²) in [5, 5.41) is 0. The summed E-state index contributed by atoms with van der Waals surface area (Å²) in [4.78, 5) is 0. The highest BCUT2D eigenvalue weighted by molar-refractivity contribution is 7.16. The van der Waals surface area contributed by atoms with E-state index in [4.69, 9.17) is 0 Å². The van der Waals surface area contributed by atoms with Gasteiger partial charge in [0.25, 0.3) is 0 Å². The molecule has 1 heterocycles. The normalized spacial score (nSPS) is 22.1. The lowest BCUT2D eigenvalue weighted by Gasteiger charge is -2.35. The Morgan fingerprint density at radius 1 is 1.02 bits per heavy atom. The zero-order valence-electron chi connectivity index (χ0n) is 26.7. The van der Waals surface area contributed by atoms with Crippen LogP contribution in [-0.4, -0.2) is 18.9 Å². The molecule has 0 spiro atoms. The highest BCUT2D eigenvalue weighted by Gasteiger charge is 2.59. The van der Waals surface area contributed by atoms with Crippen molar-refractivity contribution in [2.75, 3.05) is 12.7 Å². The maximum atomic E-state index is 15.5. The van der Waals surface area contributed by atoms with Crippen molar-refractivity contribution < 1.29 is 22.0 Å². The van der Waals surface area contributed by atoms with E-state index in [1.165, 1.54) is 12.1 Å². The van der Waals surface area contributed by atoms with E-state index in [0.29, 0.717) is 49.1 Å². The number of nitrogens with one attached hydrogen (secondary N) is 2. The molecule has 2 aliphatic rings. The number of hydrogen-bond donors (Lipinski definition) is 2. The molecule has 45 heavy (non-hydrogen) atoms. The Balaban J connectivity index is 1.80. The molecular formula is C37H44F5N2P. The summed E-state index contributed by atoms with van der Waals surface area (Å²) in [6, 6.07) is 8.74. The van der Waals surface area contributed by atoms with Gasteiger partial charge in [0.05, 0.1) is 5.56 Å². The van der Waals surface area contributed by atoms with Crippen molar-refractivity contribution in [1.82, 2.24) is 10.9 Å². The van der Waals surface area contributed by atoms with Crippen molar-refractivity contribution in [3.05, 3.63) is 105 Å². The summed E-state index contributed by atoms with van der Waals surface area (Å²) < 4.78 is 74.0. The van der Waals surface area contributed by atoms with E-state index in [9.17, 15) is 13.2 Å². The van der Waals surface area contributed by atoms with Crippen LogP contribution in [0.3, 0.4) is 0 Å². The van der Waals surface area contributed by atoms with E-state index in [1.807, 2.05) is 45.9 Å². The fourth-order valence-corrected chi connectivity index (χ4v) is 6.93. The summed E-state index contributed by atoms with van der Waals surface area (Å²) in [5.74, 6) is 3.76. The van der Waals surface area contributed by atoms with Crippen LogP contribution in [-0.2, 0) is 24.7 Å². The Labute approximate surface area is 267 Å². The molecule has 3 atom stereocenters. The summed E-state index contributed by atoms with van der Waals surface area (Å²) in [6.07, 6.45) is 2.07. The Morgan fingerprint density at radius 3 is 2.42 bits per heavy atom. The number of rotatable bonds is 9. The molecule has 242 valence electrons. The Bertz CT molecular complexity index is 1560. The molecule has 2 nitrogen and oxygen atoms in total. The van der Waals surface area contributed by atoms with Crippen LogP contribution in [0.15, 0.2) is 65.4 Å². The van der Waals surface area contributed by atoms with Crippen molar-refractivity contribution in [3.8, 4) is 11.8 Å². The summed E-state index contributed by atoms with van der Waals surface area (Å²) in [5.41, 5.74) is 8.52. The maximum Gasteiger partial charge on any atom is 0.413 e. The number of hydrogen-bond acceptors (Lipinski definition) is 2. The van der Waals surface area contributed by atoms with Crippen LogP contribution in [0.1, 0.15) is 87.6 Å². The molecule has 0 saturated heterocycles. The van der Waals surface area contributed by atoms with Crippen LogP contribution < -0.4 is 10.9 Å². The van der Waals surface area contributed by atoms with E-state index >= 15 is 8.78 Å². The predicted octanol–water partition coefficient (Wildman–Crippen LogP) is 9.19. The van der Waals surface area contributed by atoms with E-state index in [0.717, 1.165) is 35.7 Å². The second-order valence-electron chi connectivity index (χ2n) is 12.4. The van der Waals surface area contributed by atoms with Crippen molar-refractivity contribution in [2.45, 2.75) is 90.7 Å². The Morgan fingerprint density at radius 2 is 1.78 bits per heavy atom. The monoisotopic (exact) mass is 642 g/mol. The first-order chi connectivity index (χ1) is 21.3. The Hall–Kier alpha value is -2.94. The smallest absolute Gasteiger partial charge is 0.322 e. The highest BCUT2D eigenvalue weighted by atomic mass is 31.0. The van der Waals surface area contributed by atoms with Crippen LogP contribution in [0.5, 0.6) is 0 Å². The van der Waals surface area contributed by atoms with Crippen molar-refractivity contribution in [3.63, 3.8) is 0 Å². The molecule has 1 aliphatic heterocycles. The second kappa shape index (κ2) is 14.2. The minimum Gasteiger partial charge on any atom is -0.322 e. The first kappa shape index (κ1) is 34.9. The SMILES string of the molecule is C=C1NNCCCC(C)(Cc2ccc(C#CCCCP)c(F)c2F)C(C)=C1CC1(c2cccc(CC)c2CC)C=C1C(F)(F)F. The van der Waals surface area contributed by atoms with E-state index in [-0.39, 0.29) is 24.0 Å². The molecule has 0 fully saturated rings. The minimum absolute atomic E-state index is 0.0248. The Kier molecular flexibility index (Phi) is 11.0. The lowest BCUT2D eigenvalue weighted by atomic mass is 9.69. The van der Waals surface area contributed by atoms with E-state index in [2.05, 4.69) is 38.5 Å². The molecule has 4 rings (SSSR count). The molecule has 2 aromatic carbocycles. The second-order valence-corrected chi connectivity index (χ2v) is 13.0. The number of hydrazine groups is 1. The van der Waals surface area contributed by atoms with Crippen molar-refractivity contribution in [1.29, 1.82) is 0 Å². The molecule has 2 aromatic rings. The summed E-state index contributed by atoms with van der Waals surface area (Å²) in [6.45, 7) is 12.7. The quantitative estimate of drug-likeness (QED) is 0.0937. The summed E-state index contributed by atoms with van der Waals surface area (Å²) in [7, 11) is 2.62. The fraction of sp³-hybridized carbons (Fsp3) is 0.459. The van der Waals surface area contributed by atoms with Crippen LogP contribution in [0.25, 0.3) is 0 Å². The average Bonchev–Trinajstić information content (AvgIpc) is 3.75. The molecule has 0 bridgehead atoms. The van der Waals surface area contributed by atoms with Gasteiger partial charge in [0, 0.05) is 29.7 Å². The van der Waals surface area contributed by atoms with Gasteiger partial charge in [-0.1, -0.05) is 75.1 Å². The van der Waals surface area contributed by atoms with Crippen molar-refractivity contribution in [2.24, 2.45) is 5.41 Å². The molecule has 2 N–H and O–H groups in total. The minimum atomic E-state index is -4.49. The van der Waals surface area contributed by atoms with Crippen LogP contribution >= 0.6 is 9.24 Å². The lowest BCUT2D eigenvalue weighted by molar-refractivity contribution is -0.0911. The standard InChI is InChI=1S/C37H44F5N2P/c1-6-26-14-11-15-31(29(26)7-2)36(23-32(36)37(40,41)42)22-30-24(3)35(5,18-12-19-43-44-25(30)4)21-28-17-16-27(33(38)34(28)39)13-9-8-10-20-45/h11,14-17,23,43-44H,4,6-8,10,12,18-22,45H2,1-3,5H3. The lowest BCUT2D eigenvalue weighted by Crippen LogP contribution is -2.33.